The standard InChI is InChI=1S/C9H7BrClN/c10-4-3-8-5-7(6-12)1-2-9(8)11/h1-2,5H,3-4H2. The predicted molar refractivity (Wildman–Crippen MR) is 53.7 cm³/mol. The molecule has 0 aliphatic carbocycles. The van der Waals surface area contributed by atoms with Crippen molar-refractivity contribution in [3.8, 4) is 6.07 Å². The first kappa shape index (κ1) is 9.57. The summed E-state index contributed by atoms with van der Waals surface area (Å²) < 4.78 is 0. The number of halogens is 2. The summed E-state index contributed by atoms with van der Waals surface area (Å²) in [7, 11) is 0. The lowest BCUT2D eigenvalue weighted by Gasteiger charge is -2.00. The Bertz CT molecular complexity index is 317. The molecule has 0 aliphatic heterocycles. The molecule has 0 aliphatic rings. The van der Waals surface area contributed by atoms with Crippen molar-refractivity contribution < 1.29 is 0 Å². The van der Waals surface area contributed by atoms with Gasteiger partial charge in [0.2, 0.25) is 0 Å². The van der Waals surface area contributed by atoms with Crippen LogP contribution < -0.4 is 0 Å². The van der Waals surface area contributed by atoms with Crippen LogP contribution >= 0.6 is 27.5 Å². The first-order valence-corrected chi connectivity index (χ1v) is 5.02. The van der Waals surface area contributed by atoms with Crippen molar-refractivity contribution in [2.45, 2.75) is 6.42 Å². The highest BCUT2D eigenvalue weighted by molar-refractivity contribution is 9.09. The highest BCUT2D eigenvalue weighted by Gasteiger charge is 2.00. The molecule has 1 aromatic rings. The maximum absolute atomic E-state index is 8.62. The first-order valence-electron chi connectivity index (χ1n) is 3.52. The molecule has 0 atom stereocenters. The summed E-state index contributed by atoms with van der Waals surface area (Å²) in [5, 5.41) is 10.2. The van der Waals surface area contributed by atoms with Crippen LogP contribution in [-0.4, -0.2) is 5.33 Å². The molecule has 0 spiro atoms. The normalized spacial score (nSPS) is 9.42. The lowest BCUT2D eigenvalue weighted by Crippen LogP contribution is -1.88. The lowest BCUT2D eigenvalue weighted by atomic mass is 10.1. The Morgan fingerprint density at radius 2 is 2.25 bits per heavy atom. The Balaban J connectivity index is 3.01. The molecule has 0 saturated heterocycles. The number of alkyl halides is 1. The molecule has 0 N–H and O–H groups in total. The van der Waals surface area contributed by atoms with Crippen LogP contribution in [0.3, 0.4) is 0 Å². The molecule has 1 nitrogen and oxygen atoms in total. The molecule has 0 aromatic heterocycles. The summed E-state index contributed by atoms with van der Waals surface area (Å²) in [5.74, 6) is 0. The number of benzene rings is 1. The molecule has 0 radical (unpaired) electrons. The smallest absolute Gasteiger partial charge is 0.0991 e. The van der Waals surface area contributed by atoms with Crippen LogP contribution in [0, 0.1) is 11.3 Å². The molecule has 0 unspecified atom stereocenters. The van der Waals surface area contributed by atoms with Crippen LogP contribution in [0.5, 0.6) is 0 Å². The van der Waals surface area contributed by atoms with E-state index in [0.29, 0.717) is 5.56 Å². The molecule has 0 bridgehead atoms. The molecule has 0 saturated carbocycles. The quantitative estimate of drug-likeness (QED) is 0.733. The van der Waals surface area contributed by atoms with E-state index in [2.05, 4.69) is 22.0 Å². The number of nitriles is 1. The molecule has 0 amide bonds. The van der Waals surface area contributed by atoms with Crippen LogP contribution in [0.25, 0.3) is 0 Å². The second-order valence-electron chi connectivity index (χ2n) is 2.36. The van der Waals surface area contributed by atoms with Crippen molar-refractivity contribution in [2.24, 2.45) is 0 Å². The van der Waals surface area contributed by atoms with Gasteiger partial charge in [-0.3, -0.25) is 0 Å². The predicted octanol–water partition coefficient (Wildman–Crippen LogP) is 3.15. The Hall–Kier alpha value is -0.520. The summed E-state index contributed by atoms with van der Waals surface area (Å²) >= 11 is 9.23. The summed E-state index contributed by atoms with van der Waals surface area (Å²) in [4.78, 5) is 0. The number of hydrogen-bond acceptors (Lipinski definition) is 1. The molecule has 1 rings (SSSR count). The van der Waals surface area contributed by atoms with Crippen molar-refractivity contribution in [1.29, 1.82) is 5.26 Å². The molecule has 0 fully saturated rings. The van der Waals surface area contributed by atoms with E-state index in [-0.39, 0.29) is 0 Å². The van der Waals surface area contributed by atoms with Gasteiger partial charge in [0, 0.05) is 10.4 Å². The van der Waals surface area contributed by atoms with Crippen molar-refractivity contribution in [1.82, 2.24) is 0 Å². The highest BCUT2D eigenvalue weighted by atomic mass is 79.9. The summed E-state index contributed by atoms with van der Waals surface area (Å²) in [6, 6.07) is 7.39. The van der Waals surface area contributed by atoms with Crippen molar-refractivity contribution in [2.75, 3.05) is 5.33 Å². The number of hydrogen-bond donors (Lipinski definition) is 0. The fourth-order valence-electron chi connectivity index (χ4n) is 0.938. The number of rotatable bonds is 2. The third-order valence-electron chi connectivity index (χ3n) is 1.54. The van der Waals surface area contributed by atoms with Crippen LogP contribution in [0.4, 0.5) is 0 Å². The van der Waals surface area contributed by atoms with Gasteiger partial charge in [-0.1, -0.05) is 27.5 Å². The lowest BCUT2D eigenvalue weighted by molar-refractivity contribution is 1.17. The average Bonchev–Trinajstić information content (AvgIpc) is 2.09. The highest BCUT2D eigenvalue weighted by Crippen LogP contribution is 2.18. The fourth-order valence-corrected chi connectivity index (χ4v) is 1.58. The largest absolute Gasteiger partial charge is 0.192 e. The molecule has 12 heavy (non-hydrogen) atoms. The van der Waals surface area contributed by atoms with Gasteiger partial charge in [0.05, 0.1) is 11.6 Å². The monoisotopic (exact) mass is 243 g/mol. The van der Waals surface area contributed by atoms with Crippen LogP contribution in [0.15, 0.2) is 18.2 Å². The summed E-state index contributed by atoms with van der Waals surface area (Å²) in [6.07, 6.45) is 0.856. The van der Waals surface area contributed by atoms with E-state index in [1.807, 2.05) is 6.07 Å². The third-order valence-corrected chi connectivity index (χ3v) is 2.30. The molecule has 0 heterocycles. The SMILES string of the molecule is N#Cc1ccc(Cl)c(CCBr)c1. The van der Waals surface area contributed by atoms with Crippen molar-refractivity contribution >= 4 is 27.5 Å². The maximum atomic E-state index is 8.62. The van der Waals surface area contributed by atoms with Crippen molar-refractivity contribution in [3.63, 3.8) is 0 Å². The van der Waals surface area contributed by atoms with Gasteiger partial charge in [0.25, 0.3) is 0 Å². The number of nitrogens with zero attached hydrogens (tertiary/aromatic N) is 1. The van der Waals surface area contributed by atoms with Crippen molar-refractivity contribution in [3.05, 3.63) is 34.3 Å². The van der Waals surface area contributed by atoms with E-state index in [0.717, 1.165) is 22.3 Å². The minimum absolute atomic E-state index is 0.662. The van der Waals surface area contributed by atoms with E-state index in [1.165, 1.54) is 0 Å². The maximum Gasteiger partial charge on any atom is 0.0991 e. The molecule has 3 heteroatoms. The zero-order chi connectivity index (χ0) is 8.97. The van der Waals surface area contributed by atoms with E-state index in [1.54, 1.807) is 12.1 Å². The second-order valence-corrected chi connectivity index (χ2v) is 3.56. The molecular weight excluding hydrogens is 237 g/mol. The Kier molecular flexibility index (Phi) is 3.58. The Morgan fingerprint density at radius 1 is 1.50 bits per heavy atom. The fraction of sp³-hybridized carbons (Fsp3) is 0.222. The average molecular weight is 245 g/mol. The van der Waals surface area contributed by atoms with Gasteiger partial charge in [0.15, 0.2) is 0 Å². The van der Waals surface area contributed by atoms with E-state index >= 15 is 0 Å². The zero-order valence-electron chi connectivity index (χ0n) is 6.35. The van der Waals surface area contributed by atoms with Gasteiger partial charge in [-0.05, 0) is 30.2 Å². The van der Waals surface area contributed by atoms with Gasteiger partial charge in [-0.2, -0.15) is 5.26 Å². The van der Waals surface area contributed by atoms with Gasteiger partial charge in [-0.25, -0.2) is 0 Å². The topological polar surface area (TPSA) is 23.8 Å². The summed E-state index contributed by atoms with van der Waals surface area (Å²) in [6.45, 7) is 0. The van der Waals surface area contributed by atoms with E-state index in [4.69, 9.17) is 16.9 Å². The van der Waals surface area contributed by atoms with Crippen LogP contribution in [0.2, 0.25) is 5.02 Å². The zero-order valence-corrected chi connectivity index (χ0v) is 8.69. The molecular formula is C9H7BrClN. The van der Waals surface area contributed by atoms with Gasteiger partial charge >= 0.3 is 0 Å². The number of aryl methyl sites for hydroxylation is 1. The van der Waals surface area contributed by atoms with Crippen LogP contribution in [-0.2, 0) is 6.42 Å². The van der Waals surface area contributed by atoms with Gasteiger partial charge in [-0.15, -0.1) is 0 Å². The first-order chi connectivity index (χ1) is 5.77. The van der Waals surface area contributed by atoms with Gasteiger partial charge in [0.1, 0.15) is 0 Å². The molecule has 1 aromatic carbocycles. The third kappa shape index (κ3) is 2.23. The van der Waals surface area contributed by atoms with Gasteiger partial charge < -0.3 is 0 Å². The van der Waals surface area contributed by atoms with Crippen LogP contribution in [0.1, 0.15) is 11.1 Å². The Morgan fingerprint density at radius 3 is 2.83 bits per heavy atom. The van der Waals surface area contributed by atoms with E-state index < -0.39 is 0 Å². The summed E-state index contributed by atoms with van der Waals surface area (Å²) in [5.41, 5.74) is 1.68. The second kappa shape index (κ2) is 4.49. The molecule has 62 valence electrons. The van der Waals surface area contributed by atoms with E-state index in [9.17, 15) is 0 Å². The minimum atomic E-state index is 0.662. The minimum Gasteiger partial charge on any atom is -0.192 e. The Labute approximate surface area is 85.1 Å².